The fraction of sp³-hybridized carbons (Fsp3) is 0.280. The molecule has 0 aliphatic carbocycles. The molecule has 1 fully saturated rings. The van der Waals surface area contributed by atoms with Crippen molar-refractivity contribution in [2.75, 3.05) is 11.4 Å². The molecule has 3 aromatic rings. The highest BCUT2D eigenvalue weighted by Crippen LogP contribution is 2.53. The van der Waals surface area contributed by atoms with Gasteiger partial charge in [0.15, 0.2) is 17.6 Å². The highest BCUT2D eigenvalue weighted by Gasteiger charge is 2.66. The maximum Gasteiger partial charge on any atom is 0.450 e. The second-order valence-electron chi connectivity index (χ2n) is 9.55. The average molecular weight is 494 g/mol. The summed E-state index contributed by atoms with van der Waals surface area (Å²) in [6, 6.07) is 12.8. The molecular formula is C25H22F2N5O4+. The molecule has 184 valence electrons. The summed E-state index contributed by atoms with van der Waals surface area (Å²) in [7, 11) is 0. The van der Waals surface area contributed by atoms with Crippen LogP contribution in [-0.2, 0) is 15.4 Å². The lowest BCUT2D eigenvalue weighted by Gasteiger charge is -2.48. The van der Waals surface area contributed by atoms with Crippen LogP contribution in [0.4, 0.5) is 25.0 Å². The number of benzene rings is 2. The summed E-state index contributed by atoms with van der Waals surface area (Å²) in [6.07, 6.45) is 3.87. The van der Waals surface area contributed by atoms with Gasteiger partial charge in [0.2, 0.25) is 6.17 Å². The minimum Gasteiger partial charge on any atom is -0.382 e. The third kappa shape index (κ3) is 3.39. The number of para-hydroxylation sites is 2. The number of fused-ring (bicyclic) bond motifs is 4. The molecule has 3 unspecified atom stereocenters. The molecule has 2 bridgehead atoms. The normalized spacial score (nSPS) is 23.4. The van der Waals surface area contributed by atoms with Crippen LogP contribution in [0.2, 0.25) is 0 Å². The third-order valence-corrected chi connectivity index (χ3v) is 6.78. The number of carbonyl (C=O) groups is 1. The number of hydrogen-bond donors (Lipinski definition) is 1. The molecule has 3 aliphatic rings. The Morgan fingerprint density at radius 1 is 1.17 bits per heavy atom. The van der Waals surface area contributed by atoms with Gasteiger partial charge in [-0.25, -0.2) is 24.1 Å². The number of alkyl halides is 2. The summed E-state index contributed by atoms with van der Waals surface area (Å²) in [5, 5.41) is 11.8. The second kappa shape index (κ2) is 7.85. The van der Waals surface area contributed by atoms with Crippen molar-refractivity contribution < 1.29 is 28.5 Å². The average Bonchev–Trinajstić information content (AvgIpc) is 2.96. The number of amides is 1. The Kier molecular flexibility index (Phi) is 4.94. The third-order valence-electron chi connectivity index (χ3n) is 6.78. The summed E-state index contributed by atoms with van der Waals surface area (Å²) < 4.78 is 25.4. The number of quaternary nitrogens is 1. The van der Waals surface area contributed by atoms with E-state index in [0.717, 1.165) is 27.4 Å². The summed E-state index contributed by atoms with van der Waals surface area (Å²) in [6.45, 7) is 0.616. The molecule has 2 aromatic carbocycles. The number of carbonyl (C=O) groups excluding carboxylic acids is 1. The van der Waals surface area contributed by atoms with Gasteiger partial charge in [-0.2, -0.15) is 8.78 Å². The van der Waals surface area contributed by atoms with Crippen LogP contribution in [0.15, 0.2) is 59.9 Å². The van der Waals surface area contributed by atoms with Crippen molar-refractivity contribution >= 4 is 23.7 Å². The summed E-state index contributed by atoms with van der Waals surface area (Å²) in [4.78, 5) is 35.9. The van der Waals surface area contributed by atoms with Crippen LogP contribution >= 0.6 is 0 Å². The lowest BCUT2D eigenvalue weighted by Crippen LogP contribution is -2.74. The SMILES string of the molecule is CC(C)(O)c1ncc(-c2ccc3c(c2)=C[N+]24CC(N=3)C2N(C(=O)OOC(F)F)c2ccccc24)cn1. The number of hydrogen-bond acceptors (Lipinski definition) is 7. The van der Waals surface area contributed by atoms with E-state index in [0.29, 0.717) is 22.5 Å². The van der Waals surface area contributed by atoms with E-state index in [1.807, 2.05) is 36.5 Å². The smallest absolute Gasteiger partial charge is 0.382 e. The molecular weight excluding hydrogens is 472 g/mol. The van der Waals surface area contributed by atoms with Gasteiger partial charge in [-0.1, -0.05) is 18.2 Å². The van der Waals surface area contributed by atoms with Crippen molar-refractivity contribution in [3.63, 3.8) is 0 Å². The highest BCUT2D eigenvalue weighted by atomic mass is 19.3. The molecule has 0 radical (unpaired) electrons. The Hall–Kier alpha value is -3.80. The molecule has 3 aliphatic heterocycles. The van der Waals surface area contributed by atoms with Gasteiger partial charge in [0.05, 0.1) is 10.6 Å². The van der Waals surface area contributed by atoms with Crippen LogP contribution in [0, 0.1) is 0 Å². The maximum atomic E-state index is 12.8. The molecule has 1 aromatic heterocycles. The first-order valence-electron chi connectivity index (χ1n) is 11.4. The van der Waals surface area contributed by atoms with Crippen molar-refractivity contribution in [1.29, 1.82) is 0 Å². The van der Waals surface area contributed by atoms with Gasteiger partial charge < -0.3 is 5.11 Å². The fourth-order valence-electron chi connectivity index (χ4n) is 5.27. The van der Waals surface area contributed by atoms with Crippen molar-refractivity contribution in [3.05, 3.63) is 71.3 Å². The Balaban J connectivity index is 1.43. The van der Waals surface area contributed by atoms with E-state index in [-0.39, 0.29) is 6.04 Å². The first kappa shape index (κ1) is 22.7. The standard InChI is InChI=1S/C25H22F2N5O4/c1-25(2,34)22-28-10-16(11-29-22)14-7-8-17-15(9-14)12-32-13-18(30-17)21(32)31(24(33)36-35-23(26)27)19-5-3-4-6-20(19)32/h3-12,18,21,23,34H,13H2,1-2H3/q+1. The minimum atomic E-state index is -3.24. The van der Waals surface area contributed by atoms with Crippen LogP contribution in [0.1, 0.15) is 19.7 Å². The van der Waals surface area contributed by atoms with E-state index in [4.69, 9.17) is 4.99 Å². The predicted octanol–water partition coefficient (Wildman–Crippen LogP) is 2.57. The van der Waals surface area contributed by atoms with E-state index in [1.165, 1.54) is 4.90 Å². The monoisotopic (exact) mass is 494 g/mol. The Morgan fingerprint density at radius 3 is 2.64 bits per heavy atom. The van der Waals surface area contributed by atoms with Crippen LogP contribution in [-0.4, -0.2) is 46.5 Å². The zero-order valence-corrected chi connectivity index (χ0v) is 19.4. The van der Waals surface area contributed by atoms with Gasteiger partial charge in [-0.15, -0.1) is 4.89 Å². The van der Waals surface area contributed by atoms with Crippen molar-refractivity contribution in [2.45, 2.75) is 38.3 Å². The van der Waals surface area contributed by atoms with Gasteiger partial charge in [0.25, 0.3) is 0 Å². The Labute approximate surface area is 204 Å². The molecule has 9 nitrogen and oxygen atoms in total. The quantitative estimate of drug-likeness (QED) is 0.340. The van der Waals surface area contributed by atoms with Crippen LogP contribution in [0.5, 0.6) is 0 Å². The molecule has 36 heavy (non-hydrogen) atoms. The lowest BCUT2D eigenvalue weighted by molar-refractivity contribution is -0.342. The number of nitrogens with zero attached hydrogens (tertiary/aromatic N) is 5. The number of rotatable bonds is 4. The van der Waals surface area contributed by atoms with Crippen LogP contribution < -0.4 is 20.0 Å². The van der Waals surface area contributed by atoms with Crippen molar-refractivity contribution in [2.24, 2.45) is 4.99 Å². The lowest BCUT2D eigenvalue weighted by atomic mass is 10.00. The zero-order valence-electron chi connectivity index (χ0n) is 19.4. The molecule has 0 saturated carbocycles. The van der Waals surface area contributed by atoms with E-state index in [9.17, 15) is 18.7 Å². The van der Waals surface area contributed by atoms with Gasteiger partial charge in [0.1, 0.15) is 24.0 Å². The number of aromatic nitrogens is 2. The van der Waals surface area contributed by atoms with E-state index < -0.39 is 24.5 Å². The number of halogens is 2. The van der Waals surface area contributed by atoms with Crippen LogP contribution in [0.25, 0.3) is 17.3 Å². The second-order valence-corrected chi connectivity index (χ2v) is 9.55. The largest absolute Gasteiger partial charge is 0.450 e. The minimum absolute atomic E-state index is 0.269. The molecule has 6 rings (SSSR count). The van der Waals surface area contributed by atoms with Gasteiger partial charge in [-0.3, -0.25) is 9.88 Å². The van der Waals surface area contributed by atoms with Crippen molar-refractivity contribution in [3.8, 4) is 11.1 Å². The predicted molar refractivity (Wildman–Crippen MR) is 125 cm³/mol. The summed E-state index contributed by atoms with van der Waals surface area (Å²) in [5.74, 6) is 0.326. The molecule has 3 atom stereocenters. The van der Waals surface area contributed by atoms with Gasteiger partial charge >= 0.3 is 12.7 Å². The first-order chi connectivity index (χ1) is 17.2. The highest BCUT2D eigenvalue weighted by molar-refractivity contribution is 5.98. The molecule has 11 heteroatoms. The Bertz CT molecular complexity index is 1490. The van der Waals surface area contributed by atoms with E-state index in [1.54, 1.807) is 38.4 Å². The molecule has 1 spiro atoms. The number of aliphatic hydroxyl groups is 1. The Morgan fingerprint density at radius 2 is 1.92 bits per heavy atom. The molecule has 1 amide bonds. The molecule has 4 heterocycles. The van der Waals surface area contributed by atoms with Gasteiger partial charge in [0, 0.05) is 24.0 Å². The molecule has 1 saturated heterocycles. The number of anilines is 1. The summed E-state index contributed by atoms with van der Waals surface area (Å²) in [5.41, 5.74) is 1.91. The topological polar surface area (TPSA) is 97.1 Å². The van der Waals surface area contributed by atoms with Crippen molar-refractivity contribution in [1.82, 2.24) is 14.5 Å². The zero-order chi connectivity index (χ0) is 25.2. The fourth-order valence-corrected chi connectivity index (χ4v) is 5.27. The van der Waals surface area contributed by atoms with E-state index >= 15 is 0 Å². The first-order valence-corrected chi connectivity index (χ1v) is 11.4. The maximum absolute atomic E-state index is 12.8. The summed E-state index contributed by atoms with van der Waals surface area (Å²) >= 11 is 0. The van der Waals surface area contributed by atoms with Gasteiger partial charge in [-0.05, 0) is 37.6 Å². The molecule has 1 N–H and O–H groups in total. The van der Waals surface area contributed by atoms with Crippen LogP contribution in [0.3, 0.4) is 0 Å². The van der Waals surface area contributed by atoms with E-state index in [2.05, 4.69) is 19.7 Å².